The molecule has 5 nitrogen and oxygen atoms in total. The predicted octanol–water partition coefficient (Wildman–Crippen LogP) is 3.91. The Labute approximate surface area is 166 Å². The van der Waals surface area contributed by atoms with Gasteiger partial charge >= 0.3 is 0 Å². The van der Waals surface area contributed by atoms with Gasteiger partial charge in [-0.05, 0) is 74.3 Å². The molecule has 0 atom stereocenters. The average Bonchev–Trinajstić information content (AvgIpc) is 2.64. The van der Waals surface area contributed by atoms with Crippen LogP contribution in [0.2, 0.25) is 0 Å². The molecule has 6 heteroatoms. The minimum absolute atomic E-state index is 0.322. The Bertz CT molecular complexity index is 844. The van der Waals surface area contributed by atoms with Crippen LogP contribution in [0.1, 0.15) is 47.2 Å². The summed E-state index contributed by atoms with van der Waals surface area (Å²) in [5.41, 5.74) is 8.91. The van der Waals surface area contributed by atoms with Gasteiger partial charge in [0, 0.05) is 43.7 Å². The number of nitrogens with two attached hydrogens (primary N) is 1. The molecule has 0 radical (unpaired) electrons. The van der Waals surface area contributed by atoms with Crippen LogP contribution in [0.3, 0.4) is 0 Å². The van der Waals surface area contributed by atoms with Gasteiger partial charge in [0.15, 0.2) is 0 Å². The van der Waals surface area contributed by atoms with Gasteiger partial charge < -0.3 is 16.0 Å². The lowest BCUT2D eigenvalue weighted by atomic mass is 9.81. The van der Waals surface area contributed by atoms with E-state index in [9.17, 15) is 9.18 Å². The molecule has 1 aliphatic rings. The molecule has 1 heterocycles. The third-order valence-electron chi connectivity index (χ3n) is 5.60. The standard InChI is InChI=1S/C22H29FN4O/c1-14-13-25-21(12-20(14)27(2)3)26-18-7-4-15(5-8-18)10-16-11-17(23)6-9-19(16)22(24)28/h6,9,11-13,15,18H,4-5,7-8,10H2,1-3H3,(H2,24,28)(H,25,26). The van der Waals surface area contributed by atoms with Crippen LogP contribution in [0.25, 0.3) is 0 Å². The lowest BCUT2D eigenvalue weighted by molar-refractivity contribution is 0.0999. The number of benzene rings is 1. The molecule has 1 saturated carbocycles. The van der Waals surface area contributed by atoms with Crippen molar-refractivity contribution in [2.24, 2.45) is 11.7 Å². The molecule has 150 valence electrons. The highest BCUT2D eigenvalue weighted by Gasteiger charge is 2.23. The molecular weight excluding hydrogens is 355 g/mol. The highest BCUT2D eigenvalue weighted by atomic mass is 19.1. The Balaban J connectivity index is 1.59. The summed E-state index contributed by atoms with van der Waals surface area (Å²) in [5, 5.41) is 3.55. The van der Waals surface area contributed by atoms with Crippen LogP contribution in [0, 0.1) is 18.7 Å². The zero-order chi connectivity index (χ0) is 20.3. The Kier molecular flexibility index (Phi) is 6.17. The van der Waals surface area contributed by atoms with Crippen molar-refractivity contribution < 1.29 is 9.18 Å². The zero-order valence-corrected chi connectivity index (χ0v) is 16.8. The molecule has 1 fully saturated rings. The van der Waals surface area contributed by atoms with Crippen LogP contribution in [0.5, 0.6) is 0 Å². The largest absolute Gasteiger partial charge is 0.377 e. The number of aryl methyl sites for hydroxylation is 1. The third-order valence-corrected chi connectivity index (χ3v) is 5.60. The summed E-state index contributed by atoms with van der Waals surface area (Å²) in [6, 6.07) is 6.70. The molecule has 1 aromatic carbocycles. The summed E-state index contributed by atoms with van der Waals surface area (Å²) in [6.07, 6.45) is 6.70. The molecule has 0 spiro atoms. The molecule has 0 unspecified atom stereocenters. The summed E-state index contributed by atoms with van der Waals surface area (Å²) < 4.78 is 13.6. The highest BCUT2D eigenvalue weighted by molar-refractivity contribution is 5.94. The fourth-order valence-corrected chi connectivity index (χ4v) is 4.08. The van der Waals surface area contributed by atoms with Crippen LogP contribution in [-0.4, -0.2) is 31.0 Å². The number of pyridine rings is 1. The van der Waals surface area contributed by atoms with Crippen molar-refractivity contribution in [3.05, 3.63) is 53.0 Å². The molecule has 1 aliphatic carbocycles. The number of aromatic nitrogens is 1. The summed E-state index contributed by atoms with van der Waals surface area (Å²) in [5.74, 6) is 0.519. The van der Waals surface area contributed by atoms with Crippen molar-refractivity contribution in [1.29, 1.82) is 0 Å². The summed E-state index contributed by atoms with van der Waals surface area (Å²) in [7, 11) is 4.06. The van der Waals surface area contributed by atoms with Crippen molar-refractivity contribution in [3.8, 4) is 0 Å². The van der Waals surface area contributed by atoms with Crippen molar-refractivity contribution in [1.82, 2.24) is 4.98 Å². The topological polar surface area (TPSA) is 71.2 Å². The Hall–Kier alpha value is -2.63. The van der Waals surface area contributed by atoms with Gasteiger partial charge in [0.2, 0.25) is 5.91 Å². The molecule has 0 bridgehead atoms. The number of carbonyl (C=O) groups excluding carboxylic acids is 1. The first-order valence-corrected chi connectivity index (χ1v) is 9.82. The average molecular weight is 384 g/mol. The van der Waals surface area contributed by atoms with Crippen molar-refractivity contribution in [2.45, 2.75) is 45.1 Å². The Morgan fingerprint density at radius 2 is 1.96 bits per heavy atom. The van der Waals surface area contributed by atoms with Gasteiger partial charge in [0.1, 0.15) is 11.6 Å². The Morgan fingerprint density at radius 3 is 2.61 bits per heavy atom. The molecule has 0 aliphatic heterocycles. The molecule has 3 N–H and O–H groups in total. The molecule has 28 heavy (non-hydrogen) atoms. The van der Waals surface area contributed by atoms with Gasteiger partial charge in [-0.3, -0.25) is 4.79 Å². The number of anilines is 2. The number of hydrogen-bond acceptors (Lipinski definition) is 4. The minimum Gasteiger partial charge on any atom is -0.377 e. The fraction of sp³-hybridized carbons (Fsp3) is 0.455. The van der Waals surface area contributed by atoms with E-state index in [0.717, 1.165) is 48.3 Å². The van der Waals surface area contributed by atoms with Gasteiger partial charge in [-0.1, -0.05) is 0 Å². The zero-order valence-electron chi connectivity index (χ0n) is 16.8. The van der Waals surface area contributed by atoms with Gasteiger partial charge in [0.25, 0.3) is 0 Å². The maximum Gasteiger partial charge on any atom is 0.248 e. The number of nitrogens with zero attached hydrogens (tertiary/aromatic N) is 2. The van der Waals surface area contributed by atoms with Crippen LogP contribution >= 0.6 is 0 Å². The van der Waals surface area contributed by atoms with Gasteiger partial charge in [-0.2, -0.15) is 0 Å². The van der Waals surface area contributed by atoms with E-state index in [4.69, 9.17) is 5.73 Å². The first-order valence-electron chi connectivity index (χ1n) is 9.82. The molecule has 1 aromatic heterocycles. The van der Waals surface area contributed by atoms with E-state index in [0.29, 0.717) is 23.9 Å². The quantitative estimate of drug-likeness (QED) is 0.792. The summed E-state index contributed by atoms with van der Waals surface area (Å²) in [4.78, 5) is 18.2. The van der Waals surface area contributed by atoms with E-state index < -0.39 is 5.91 Å². The van der Waals surface area contributed by atoms with Gasteiger partial charge in [-0.25, -0.2) is 9.37 Å². The molecule has 0 saturated heterocycles. The predicted molar refractivity (Wildman–Crippen MR) is 111 cm³/mol. The number of nitrogens with one attached hydrogen (secondary N) is 1. The van der Waals surface area contributed by atoms with E-state index >= 15 is 0 Å². The molecular formula is C22H29FN4O. The second-order valence-corrected chi connectivity index (χ2v) is 7.98. The minimum atomic E-state index is -0.493. The number of rotatable bonds is 6. The highest BCUT2D eigenvalue weighted by Crippen LogP contribution is 2.30. The van der Waals surface area contributed by atoms with Gasteiger partial charge in [0.05, 0.1) is 0 Å². The van der Waals surface area contributed by atoms with Crippen molar-refractivity contribution in [3.63, 3.8) is 0 Å². The second-order valence-electron chi connectivity index (χ2n) is 7.98. The van der Waals surface area contributed by atoms with Crippen LogP contribution in [-0.2, 0) is 6.42 Å². The van der Waals surface area contributed by atoms with Crippen molar-refractivity contribution in [2.75, 3.05) is 24.3 Å². The summed E-state index contributed by atoms with van der Waals surface area (Å²) in [6.45, 7) is 2.06. The number of primary amides is 1. The maximum absolute atomic E-state index is 13.6. The second kappa shape index (κ2) is 8.59. The number of hydrogen-bond donors (Lipinski definition) is 2. The molecule has 1 amide bonds. The SMILES string of the molecule is Cc1cnc(NC2CCC(Cc3cc(F)ccc3C(N)=O)CC2)cc1N(C)C. The van der Waals surface area contributed by atoms with E-state index in [1.165, 1.54) is 18.2 Å². The molecule has 2 aromatic rings. The van der Waals surface area contributed by atoms with E-state index in [1.54, 1.807) is 0 Å². The maximum atomic E-state index is 13.6. The van der Waals surface area contributed by atoms with E-state index in [2.05, 4.69) is 28.2 Å². The fourth-order valence-electron chi connectivity index (χ4n) is 4.08. The van der Waals surface area contributed by atoms with E-state index in [-0.39, 0.29) is 5.82 Å². The molecule has 3 rings (SSSR count). The Morgan fingerprint density at radius 1 is 1.25 bits per heavy atom. The first kappa shape index (κ1) is 20.1. The van der Waals surface area contributed by atoms with Crippen LogP contribution in [0.4, 0.5) is 15.9 Å². The number of amides is 1. The number of carbonyl (C=O) groups is 1. The monoisotopic (exact) mass is 384 g/mol. The van der Waals surface area contributed by atoms with Crippen LogP contribution in [0.15, 0.2) is 30.5 Å². The van der Waals surface area contributed by atoms with Crippen molar-refractivity contribution >= 4 is 17.4 Å². The first-order chi connectivity index (χ1) is 13.3. The van der Waals surface area contributed by atoms with Gasteiger partial charge in [-0.15, -0.1) is 0 Å². The lowest BCUT2D eigenvalue weighted by Crippen LogP contribution is -2.28. The van der Waals surface area contributed by atoms with Crippen LogP contribution < -0.4 is 16.0 Å². The number of halogens is 1. The van der Waals surface area contributed by atoms with E-state index in [1.807, 2.05) is 20.3 Å². The lowest BCUT2D eigenvalue weighted by Gasteiger charge is -2.30. The third kappa shape index (κ3) is 4.80. The summed E-state index contributed by atoms with van der Waals surface area (Å²) >= 11 is 0. The normalized spacial score (nSPS) is 19.3. The smallest absolute Gasteiger partial charge is 0.248 e.